The first-order valence-corrected chi connectivity index (χ1v) is 7.47. The summed E-state index contributed by atoms with van der Waals surface area (Å²) in [6.45, 7) is 16.5. The molecular weight excluding hydrogens is 208 g/mol. The molecule has 0 aliphatic carbocycles. The minimum Gasteiger partial charge on any atom is -0.315 e. The minimum absolute atomic E-state index is 0.607. The van der Waals surface area contributed by atoms with Gasteiger partial charge in [0.1, 0.15) is 0 Å². The molecule has 0 aromatic carbocycles. The van der Waals surface area contributed by atoms with Gasteiger partial charge in [-0.25, -0.2) is 0 Å². The van der Waals surface area contributed by atoms with E-state index in [0.29, 0.717) is 5.41 Å². The van der Waals surface area contributed by atoms with E-state index in [9.17, 15) is 0 Å². The quantitative estimate of drug-likeness (QED) is 0.767. The SMILES string of the molecule is CCNCC(C(C)C)N1CCC(C)(CC)CC1. The molecular formula is C15H32N2. The first kappa shape index (κ1) is 15.0. The van der Waals surface area contributed by atoms with E-state index in [-0.39, 0.29) is 0 Å². The fourth-order valence-electron chi connectivity index (χ4n) is 2.83. The maximum atomic E-state index is 3.52. The Balaban J connectivity index is 2.48. The molecule has 1 rings (SSSR count). The second-order valence-corrected chi connectivity index (χ2v) is 6.32. The van der Waals surface area contributed by atoms with Crippen LogP contribution in [0, 0.1) is 11.3 Å². The molecule has 1 atom stereocenters. The van der Waals surface area contributed by atoms with Gasteiger partial charge in [0.05, 0.1) is 0 Å². The Labute approximate surface area is 108 Å². The molecule has 1 fully saturated rings. The van der Waals surface area contributed by atoms with Crippen molar-refractivity contribution in [2.75, 3.05) is 26.2 Å². The van der Waals surface area contributed by atoms with Crippen LogP contribution in [0.25, 0.3) is 0 Å². The monoisotopic (exact) mass is 240 g/mol. The van der Waals surface area contributed by atoms with Gasteiger partial charge in [-0.2, -0.15) is 0 Å². The van der Waals surface area contributed by atoms with Crippen molar-refractivity contribution in [3.63, 3.8) is 0 Å². The van der Waals surface area contributed by atoms with E-state index in [1.54, 1.807) is 0 Å². The molecule has 1 aliphatic rings. The molecule has 0 aromatic heterocycles. The lowest BCUT2D eigenvalue weighted by Crippen LogP contribution is -2.50. The normalized spacial score (nSPS) is 22.9. The fraction of sp³-hybridized carbons (Fsp3) is 1.00. The van der Waals surface area contributed by atoms with E-state index in [1.807, 2.05) is 0 Å². The van der Waals surface area contributed by atoms with Crippen LogP contribution in [-0.2, 0) is 0 Å². The number of rotatable bonds is 6. The predicted octanol–water partition coefficient (Wildman–Crippen LogP) is 3.13. The van der Waals surface area contributed by atoms with Crippen LogP contribution in [0.3, 0.4) is 0 Å². The summed E-state index contributed by atoms with van der Waals surface area (Å²) in [6, 6.07) is 0.719. The Hall–Kier alpha value is -0.0800. The molecule has 1 aliphatic heterocycles. The van der Waals surface area contributed by atoms with Crippen LogP contribution in [-0.4, -0.2) is 37.1 Å². The summed E-state index contributed by atoms with van der Waals surface area (Å²) < 4.78 is 0. The van der Waals surface area contributed by atoms with Crippen molar-refractivity contribution < 1.29 is 0 Å². The number of hydrogen-bond donors (Lipinski definition) is 1. The van der Waals surface area contributed by atoms with Gasteiger partial charge in [0.25, 0.3) is 0 Å². The number of likely N-dealkylation sites (N-methyl/N-ethyl adjacent to an activating group) is 1. The third-order valence-corrected chi connectivity index (χ3v) is 4.70. The Kier molecular flexibility index (Phi) is 5.94. The molecule has 1 unspecified atom stereocenters. The van der Waals surface area contributed by atoms with E-state index < -0.39 is 0 Å². The highest BCUT2D eigenvalue weighted by Crippen LogP contribution is 2.35. The highest BCUT2D eigenvalue weighted by molar-refractivity contribution is 4.86. The highest BCUT2D eigenvalue weighted by atomic mass is 15.2. The highest BCUT2D eigenvalue weighted by Gasteiger charge is 2.31. The topological polar surface area (TPSA) is 15.3 Å². The van der Waals surface area contributed by atoms with Gasteiger partial charge in [-0.15, -0.1) is 0 Å². The van der Waals surface area contributed by atoms with Crippen molar-refractivity contribution in [3.8, 4) is 0 Å². The van der Waals surface area contributed by atoms with Crippen LogP contribution >= 0.6 is 0 Å². The smallest absolute Gasteiger partial charge is 0.0243 e. The molecule has 1 N–H and O–H groups in total. The van der Waals surface area contributed by atoms with E-state index >= 15 is 0 Å². The molecule has 0 spiro atoms. The third-order valence-electron chi connectivity index (χ3n) is 4.70. The molecule has 2 heteroatoms. The van der Waals surface area contributed by atoms with Gasteiger partial charge in [0, 0.05) is 12.6 Å². The Bertz CT molecular complexity index is 205. The summed E-state index contributed by atoms with van der Waals surface area (Å²) in [6.07, 6.45) is 4.08. The van der Waals surface area contributed by atoms with Gasteiger partial charge in [0.2, 0.25) is 0 Å². The number of nitrogens with one attached hydrogen (secondary N) is 1. The van der Waals surface area contributed by atoms with Gasteiger partial charge in [-0.1, -0.05) is 41.0 Å². The number of likely N-dealkylation sites (tertiary alicyclic amines) is 1. The van der Waals surface area contributed by atoms with Gasteiger partial charge in [-0.3, -0.25) is 4.90 Å². The maximum Gasteiger partial charge on any atom is 0.0243 e. The first-order valence-electron chi connectivity index (χ1n) is 7.47. The number of piperidine rings is 1. The summed E-state index contributed by atoms with van der Waals surface area (Å²) in [5, 5.41) is 3.52. The van der Waals surface area contributed by atoms with Crippen molar-refractivity contribution >= 4 is 0 Å². The maximum absolute atomic E-state index is 3.52. The Morgan fingerprint density at radius 1 is 1.18 bits per heavy atom. The molecule has 0 saturated carbocycles. The molecule has 1 heterocycles. The van der Waals surface area contributed by atoms with E-state index in [1.165, 1.54) is 32.4 Å². The minimum atomic E-state index is 0.607. The van der Waals surface area contributed by atoms with Crippen molar-refractivity contribution in [1.29, 1.82) is 0 Å². The van der Waals surface area contributed by atoms with Gasteiger partial charge >= 0.3 is 0 Å². The largest absolute Gasteiger partial charge is 0.315 e. The lowest BCUT2D eigenvalue weighted by molar-refractivity contribution is 0.0626. The zero-order valence-corrected chi connectivity index (χ0v) is 12.6. The van der Waals surface area contributed by atoms with Crippen molar-refractivity contribution in [1.82, 2.24) is 10.2 Å². The van der Waals surface area contributed by atoms with Crippen LogP contribution in [0.5, 0.6) is 0 Å². The van der Waals surface area contributed by atoms with Crippen LogP contribution in [0.4, 0.5) is 0 Å². The lowest BCUT2D eigenvalue weighted by Gasteiger charge is -2.43. The van der Waals surface area contributed by atoms with Crippen molar-refractivity contribution in [3.05, 3.63) is 0 Å². The van der Waals surface area contributed by atoms with E-state index in [4.69, 9.17) is 0 Å². The zero-order chi connectivity index (χ0) is 12.9. The Morgan fingerprint density at radius 2 is 1.76 bits per heavy atom. The zero-order valence-electron chi connectivity index (χ0n) is 12.6. The second-order valence-electron chi connectivity index (χ2n) is 6.32. The van der Waals surface area contributed by atoms with Crippen LogP contribution in [0.15, 0.2) is 0 Å². The van der Waals surface area contributed by atoms with Gasteiger partial charge < -0.3 is 5.32 Å². The average Bonchev–Trinajstić information content (AvgIpc) is 2.32. The van der Waals surface area contributed by atoms with Crippen molar-refractivity contribution in [2.24, 2.45) is 11.3 Å². The van der Waals surface area contributed by atoms with Gasteiger partial charge in [0.15, 0.2) is 0 Å². The third kappa shape index (κ3) is 4.26. The lowest BCUT2D eigenvalue weighted by atomic mass is 9.77. The van der Waals surface area contributed by atoms with Crippen molar-refractivity contribution in [2.45, 2.75) is 59.9 Å². The molecule has 17 heavy (non-hydrogen) atoms. The van der Waals surface area contributed by atoms with E-state index in [0.717, 1.165) is 25.0 Å². The molecule has 2 nitrogen and oxygen atoms in total. The molecule has 0 aromatic rings. The fourth-order valence-corrected chi connectivity index (χ4v) is 2.83. The number of hydrogen-bond acceptors (Lipinski definition) is 2. The average molecular weight is 240 g/mol. The molecule has 0 bridgehead atoms. The molecule has 1 saturated heterocycles. The second kappa shape index (κ2) is 6.75. The van der Waals surface area contributed by atoms with Gasteiger partial charge in [-0.05, 0) is 43.8 Å². The molecule has 0 amide bonds. The summed E-state index contributed by atoms with van der Waals surface area (Å²) in [4.78, 5) is 2.71. The van der Waals surface area contributed by atoms with E-state index in [2.05, 4.69) is 44.8 Å². The van der Waals surface area contributed by atoms with Crippen LogP contribution in [0.1, 0.15) is 53.9 Å². The Morgan fingerprint density at radius 3 is 2.18 bits per heavy atom. The summed E-state index contributed by atoms with van der Waals surface area (Å²) in [7, 11) is 0. The number of nitrogens with zero attached hydrogens (tertiary/aromatic N) is 1. The van der Waals surface area contributed by atoms with Crippen LogP contribution in [0.2, 0.25) is 0 Å². The molecule has 0 radical (unpaired) electrons. The summed E-state index contributed by atoms with van der Waals surface area (Å²) in [5.74, 6) is 0.750. The summed E-state index contributed by atoms with van der Waals surface area (Å²) in [5.41, 5.74) is 0.607. The first-order chi connectivity index (χ1) is 8.02. The van der Waals surface area contributed by atoms with Crippen LogP contribution < -0.4 is 5.32 Å². The summed E-state index contributed by atoms with van der Waals surface area (Å²) >= 11 is 0. The molecule has 102 valence electrons. The standard InChI is InChI=1S/C15H32N2/c1-6-15(5)8-10-17(11-9-15)14(13(3)4)12-16-7-2/h13-14,16H,6-12H2,1-5H3. The predicted molar refractivity (Wildman–Crippen MR) is 76.4 cm³/mol.